The van der Waals surface area contributed by atoms with Crippen LogP contribution in [-0.4, -0.2) is 52.9 Å². The molecule has 1 N–H and O–H groups in total. The SMILES string of the molecule is CCCSc1ccccc1N1CCN(CCCn2c(=O)[nH]c3ccccc3c2=O)CC1. The van der Waals surface area contributed by atoms with Crippen molar-refractivity contribution in [2.24, 2.45) is 0 Å². The van der Waals surface area contributed by atoms with Gasteiger partial charge in [0, 0.05) is 37.6 Å². The molecule has 31 heavy (non-hydrogen) atoms. The van der Waals surface area contributed by atoms with Crippen LogP contribution in [0, 0.1) is 0 Å². The molecule has 1 aromatic heterocycles. The summed E-state index contributed by atoms with van der Waals surface area (Å²) in [6, 6.07) is 15.9. The summed E-state index contributed by atoms with van der Waals surface area (Å²) in [5.41, 5.74) is 1.41. The Bertz CT molecular complexity index is 1130. The molecular weight excluding hydrogens is 408 g/mol. The second-order valence-corrected chi connectivity index (χ2v) is 9.07. The van der Waals surface area contributed by atoms with Crippen LogP contribution < -0.4 is 16.1 Å². The van der Waals surface area contributed by atoms with Crippen LogP contribution in [0.4, 0.5) is 5.69 Å². The van der Waals surface area contributed by atoms with Gasteiger partial charge in [0.2, 0.25) is 0 Å². The molecule has 1 aliphatic heterocycles. The van der Waals surface area contributed by atoms with Crippen LogP contribution in [0.5, 0.6) is 0 Å². The monoisotopic (exact) mass is 438 g/mol. The van der Waals surface area contributed by atoms with Crippen LogP contribution in [0.1, 0.15) is 19.8 Å². The quantitative estimate of drug-likeness (QED) is 0.546. The van der Waals surface area contributed by atoms with Crippen LogP contribution >= 0.6 is 11.8 Å². The average Bonchev–Trinajstić information content (AvgIpc) is 2.80. The van der Waals surface area contributed by atoms with E-state index in [1.54, 1.807) is 12.1 Å². The van der Waals surface area contributed by atoms with Crippen molar-refractivity contribution in [2.75, 3.05) is 43.4 Å². The first-order chi connectivity index (χ1) is 15.2. The van der Waals surface area contributed by atoms with Crippen LogP contribution in [0.2, 0.25) is 0 Å². The summed E-state index contributed by atoms with van der Waals surface area (Å²) in [5.74, 6) is 1.14. The third-order valence-electron chi connectivity index (χ3n) is 5.79. The summed E-state index contributed by atoms with van der Waals surface area (Å²) in [7, 11) is 0. The first kappa shape index (κ1) is 21.7. The summed E-state index contributed by atoms with van der Waals surface area (Å²) in [4.78, 5) is 34.1. The van der Waals surface area contributed by atoms with Gasteiger partial charge in [-0.2, -0.15) is 0 Å². The number of para-hydroxylation sites is 2. The van der Waals surface area contributed by atoms with E-state index in [0.29, 0.717) is 17.4 Å². The molecule has 6 nitrogen and oxygen atoms in total. The number of aromatic amines is 1. The number of hydrogen-bond donors (Lipinski definition) is 1. The van der Waals surface area contributed by atoms with Crippen LogP contribution in [-0.2, 0) is 6.54 Å². The zero-order valence-electron chi connectivity index (χ0n) is 18.0. The lowest BCUT2D eigenvalue weighted by molar-refractivity contribution is 0.249. The van der Waals surface area contributed by atoms with E-state index in [4.69, 9.17) is 0 Å². The highest BCUT2D eigenvalue weighted by molar-refractivity contribution is 7.99. The molecule has 0 bridgehead atoms. The number of aromatic nitrogens is 2. The van der Waals surface area contributed by atoms with E-state index in [9.17, 15) is 9.59 Å². The van der Waals surface area contributed by atoms with Gasteiger partial charge in [-0.25, -0.2) is 4.79 Å². The Kier molecular flexibility index (Phi) is 7.14. The highest BCUT2D eigenvalue weighted by Gasteiger charge is 2.19. The van der Waals surface area contributed by atoms with Gasteiger partial charge in [0.1, 0.15) is 0 Å². The number of hydrogen-bond acceptors (Lipinski definition) is 5. The molecule has 2 aromatic carbocycles. The van der Waals surface area contributed by atoms with Gasteiger partial charge >= 0.3 is 5.69 Å². The molecule has 3 aromatic rings. The molecule has 0 unspecified atom stereocenters. The van der Waals surface area contributed by atoms with E-state index in [2.05, 4.69) is 46.0 Å². The third kappa shape index (κ3) is 5.05. The molecule has 2 heterocycles. The molecule has 0 saturated carbocycles. The fourth-order valence-electron chi connectivity index (χ4n) is 4.12. The molecule has 0 spiro atoms. The van der Waals surface area contributed by atoms with Crippen molar-refractivity contribution in [1.29, 1.82) is 0 Å². The molecule has 4 rings (SSSR count). The van der Waals surface area contributed by atoms with E-state index < -0.39 is 0 Å². The minimum absolute atomic E-state index is 0.203. The van der Waals surface area contributed by atoms with Crippen molar-refractivity contribution in [2.45, 2.75) is 31.2 Å². The van der Waals surface area contributed by atoms with Crippen molar-refractivity contribution in [3.63, 3.8) is 0 Å². The Hall–Kier alpha value is -2.51. The molecule has 1 saturated heterocycles. The summed E-state index contributed by atoms with van der Waals surface area (Å²) in [6.45, 7) is 7.54. The zero-order chi connectivity index (χ0) is 21.6. The predicted octanol–water partition coefficient (Wildman–Crippen LogP) is 3.40. The molecule has 0 amide bonds. The minimum Gasteiger partial charge on any atom is -0.368 e. The fourth-order valence-corrected chi connectivity index (χ4v) is 5.06. The fraction of sp³-hybridized carbons (Fsp3) is 0.417. The lowest BCUT2D eigenvalue weighted by atomic mass is 10.2. The van der Waals surface area contributed by atoms with Gasteiger partial charge in [-0.1, -0.05) is 31.2 Å². The first-order valence-electron chi connectivity index (χ1n) is 11.1. The molecule has 0 radical (unpaired) electrons. The third-order valence-corrected chi connectivity index (χ3v) is 7.05. The van der Waals surface area contributed by atoms with Crippen LogP contribution in [0.25, 0.3) is 10.9 Å². The number of piperazine rings is 1. The maximum Gasteiger partial charge on any atom is 0.328 e. The Morgan fingerprint density at radius 2 is 1.68 bits per heavy atom. The Labute approximate surface area is 186 Å². The lowest BCUT2D eigenvalue weighted by Gasteiger charge is -2.37. The van der Waals surface area contributed by atoms with Crippen molar-refractivity contribution in [3.8, 4) is 0 Å². The molecule has 1 fully saturated rings. The Morgan fingerprint density at radius 3 is 2.48 bits per heavy atom. The number of rotatable bonds is 8. The van der Waals surface area contributed by atoms with Gasteiger partial charge in [0.25, 0.3) is 5.56 Å². The van der Waals surface area contributed by atoms with E-state index >= 15 is 0 Å². The van der Waals surface area contributed by atoms with E-state index in [1.165, 1.54) is 21.6 Å². The number of H-pyrrole nitrogens is 1. The van der Waals surface area contributed by atoms with Gasteiger partial charge < -0.3 is 9.88 Å². The van der Waals surface area contributed by atoms with Crippen molar-refractivity contribution < 1.29 is 0 Å². The normalized spacial score (nSPS) is 14.9. The number of nitrogens with one attached hydrogen (secondary N) is 1. The number of anilines is 1. The van der Waals surface area contributed by atoms with Crippen LogP contribution in [0.15, 0.2) is 63.0 Å². The van der Waals surface area contributed by atoms with Crippen molar-refractivity contribution >= 4 is 28.4 Å². The average molecular weight is 439 g/mol. The molecule has 0 aliphatic carbocycles. The smallest absolute Gasteiger partial charge is 0.328 e. The van der Waals surface area contributed by atoms with E-state index in [1.807, 2.05) is 23.9 Å². The topological polar surface area (TPSA) is 61.3 Å². The summed E-state index contributed by atoms with van der Waals surface area (Å²) in [5, 5.41) is 0.565. The van der Waals surface area contributed by atoms with E-state index in [-0.39, 0.29) is 11.2 Å². The van der Waals surface area contributed by atoms with Gasteiger partial charge in [0.15, 0.2) is 0 Å². The number of nitrogens with zero attached hydrogens (tertiary/aromatic N) is 3. The number of benzene rings is 2. The van der Waals surface area contributed by atoms with Crippen molar-refractivity contribution in [3.05, 3.63) is 69.4 Å². The minimum atomic E-state index is -0.324. The van der Waals surface area contributed by atoms with Gasteiger partial charge in [-0.3, -0.25) is 14.3 Å². The van der Waals surface area contributed by atoms with Gasteiger partial charge in [-0.15, -0.1) is 11.8 Å². The van der Waals surface area contributed by atoms with E-state index in [0.717, 1.165) is 44.9 Å². The highest BCUT2D eigenvalue weighted by Crippen LogP contribution is 2.31. The summed E-state index contributed by atoms with van der Waals surface area (Å²) in [6.07, 6.45) is 1.96. The van der Waals surface area contributed by atoms with Crippen molar-refractivity contribution in [1.82, 2.24) is 14.5 Å². The standard InChI is InChI=1S/C24H30N4O2S/c1-2-18-31-22-11-6-5-10-21(22)27-16-14-26(15-17-27)12-7-13-28-23(29)19-8-3-4-9-20(19)25-24(28)30/h3-6,8-11H,2,7,12-18H2,1H3,(H,25,30). The summed E-state index contributed by atoms with van der Waals surface area (Å²) >= 11 is 1.94. The number of fused-ring (bicyclic) bond motifs is 1. The van der Waals surface area contributed by atoms with Gasteiger partial charge in [0.05, 0.1) is 16.6 Å². The molecule has 0 atom stereocenters. The largest absolute Gasteiger partial charge is 0.368 e. The maximum atomic E-state index is 12.7. The molecular formula is C24H30N4O2S. The first-order valence-corrected chi connectivity index (χ1v) is 12.1. The molecule has 1 aliphatic rings. The highest BCUT2D eigenvalue weighted by atomic mass is 32.2. The maximum absolute atomic E-state index is 12.7. The molecule has 7 heteroatoms. The van der Waals surface area contributed by atoms with Crippen LogP contribution in [0.3, 0.4) is 0 Å². The molecule has 164 valence electrons. The second-order valence-electron chi connectivity index (χ2n) is 7.93. The second kappa shape index (κ2) is 10.2. The lowest BCUT2D eigenvalue weighted by Crippen LogP contribution is -2.47. The Morgan fingerprint density at radius 1 is 0.935 bits per heavy atom. The zero-order valence-corrected chi connectivity index (χ0v) is 18.9. The number of thioether (sulfide) groups is 1. The van der Waals surface area contributed by atoms with Gasteiger partial charge in [-0.05, 0) is 49.4 Å². The Balaban J connectivity index is 1.32. The summed E-state index contributed by atoms with van der Waals surface area (Å²) < 4.78 is 1.33. The predicted molar refractivity (Wildman–Crippen MR) is 130 cm³/mol.